The molecule has 1 aliphatic heterocycles. The van der Waals surface area contributed by atoms with Crippen molar-refractivity contribution in [1.29, 1.82) is 0 Å². The minimum atomic E-state index is -0.621. The molecule has 0 aliphatic carbocycles. The summed E-state index contributed by atoms with van der Waals surface area (Å²) in [6.07, 6.45) is 3.90. The van der Waals surface area contributed by atoms with Gasteiger partial charge in [0.15, 0.2) is 0 Å². The summed E-state index contributed by atoms with van der Waals surface area (Å²) in [6.45, 7) is 7.69. The van der Waals surface area contributed by atoms with E-state index in [4.69, 9.17) is 10.5 Å². The van der Waals surface area contributed by atoms with Gasteiger partial charge in [-0.15, -0.1) is 0 Å². The van der Waals surface area contributed by atoms with E-state index in [1.165, 1.54) is 17.7 Å². The van der Waals surface area contributed by atoms with Crippen molar-refractivity contribution in [2.75, 3.05) is 36.9 Å². The lowest BCUT2D eigenvalue weighted by atomic mass is 10.1. The van der Waals surface area contributed by atoms with Gasteiger partial charge in [-0.3, -0.25) is 15.0 Å². The van der Waals surface area contributed by atoms with E-state index in [0.29, 0.717) is 18.8 Å². The number of aromatic nitrogens is 2. The first kappa shape index (κ1) is 24.4. The smallest absolute Gasteiger partial charge is 0.353 e. The SMILES string of the molecule is CC(C)CCOc1nc(N)c([N+](=O)[O-])c(N(CC=O)Cc2cccc(CN3CCCC3)c2)n1. The van der Waals surface area contributed by atoms with Gasteiger partial charge in [0.05, 0.1) is 18.1 Å². The third kappa shape index (κ3) is 6.85. The van der Waals surface area contributed by atoms with Crippen LogP contribution in [0.3, 0.4) is 0 Å². The second-order valence-electron chi connectivity index (χ2n) is 8.70. The zero-order valence-corrected chi connectivity index (χ0v) is 19.3. The van der Waals surface area contributed by atoms with Crippen LogP contribution in [0.2, 0.25) is 0 Å². The van der Waals surface area contributed by atoms with Crippen molar-refractivity contribution < 1.29 is 14.5 Å². The summed E-state index contributed by atoms with van der Waals surface area (Å²) in [5.74, 6) is 0.103. The van der Waals surface area contributed by atoms with Crippen LogP contribution in [0.1, 0.15) is 44.2 Å². The van der Waals surface area contributed by atoms with Crippen molar-refractivity contribution >= 4 is 23.6 Å². The van der Waals surface area contributed by atoms with Crippen molar-refractivity contribution in [1.82, 2.24) is 14.9 Å². The summed E-state index contributed by atoms with van der Waals surface area (Å²) < 4.78 is 5.60. The van der Waals surface area contributed by atoms with E-state index < -0.39 is 10.6 Å². The first-order valence-corrected chi connectivity index (χ1v) is 11.3. The van der Waals surface area contributed by atoms with Gasteiger partial charge in [0.1, 0.15) is 6.29 Å². The highest BCUT2D eigenvalue weighted by Gasteiger charge is 2.28. The van der Waals surface area contributed by atoms with Gasteiger partial charge in [-0.1, -0.05) is 38.1 Å². The number of anilines is 2. The molecule has 2 N–H and O–H groups in total. The molecule has 33 heavy (non-hydrogen) atoms. The van der Waals surface area contributed by atoms with Crippen molar-refractivity contribution in [3.63, 3.8) is 0 Å². The molecule has 0 amide bonds. The molecule has 1 aliphatic rings. The number of nitro groups is 1. The highest BCUT2D eigenvalue weighted by atomic mass is 16.6. The molecule has 1 fully saturated rings. The fraction of sp³-hybridized carbons (Fsp3) is 0.522. The largest absolute Gasteiger partial charge is 0.463 e. The second kappa shape index (κ2) is 11.6. The number of rotatable bonds is 12. The molecule has 0 atom stereocenters. The number of ether oxygens (including phenoxy) is 1. The molecule has 10 heteroatoms. The van der Waals surface area contributed by atoms with Gasteiger partial charge in [0.25, 0.3) is 0 Å². The molecule has 2 aromatic rings. The summed E-state index contributed by atoms with van der Waals surface area (Å²) in [5, 5.41) is 11.8. The fourth-order valence-electron chi connectivity index (χ4n) is 3.85. The Kier molecular flexibility index (Phi) is 8.53. The molecule has 3 rings (SSSR count). The highest BCUT2D eigenvalue weighted by Crippen LogP contribution is 2.33. The van der Waals surface area contributed by atoms with Crippen molar-refractivity contribution in [2.24, 2.45) is 5.92 Å². The second-order valence-corrected chi connectivity index (χ2v) is 8.70. The molecule has 1 saturated heterocycles. The van der Waals surface area contributed by atoms with Crippen molar-refractivity contribution in [2.45, 2.75) is 46.2 Å². The molecule has 1 aromatic heterocycles. The molecular weight excluding hydrogens is 424 g/mol. The van der Waals surface area contributed by atoms with E-state index in [-0.39, 0.29) is 30.7 Å². The van der Waals surface area contributed by atoms with E-state index in [9.17, 15) is 14.9 Å². The number of hydrogen-bond donors (Lipinski definition) is 1. The molecule has 1 aromatic carbocycles. The van der Waals surface area contributed by atoms with Gasteiger partial charge >= 0.3 is 11.7 Å². The third-order valence-corrected chi connectivity index (χ3v) is 5.55. The number of hydrogen-bond acceptors (Lipinski definition) is 9. The number of benzene rings is 1. The number of carbonyl (C=O) groups excluding carboxylic acids is 1. The van der Waals surface area contributed by atoms with Crippen LogP contribution < -0.4 is 15.4 Å². The molecule has 2 heterocycles. The van der Waals surface area contributed by atoms with Crippen LogP contribution in [0.25, 0.3) is 0 Å². The Morgan fingerprint density at radius 2 is 2.00 bits per heavy atom. The zero-order chi connectivity index (χ0) is 23.8. The zero-order valence-electron chi connectivity index (χ0n) is 19.3. The van der Waals surface area contributed by atoms with Gasteiger partial charge in [0.2, 0.25) is 11.6 Å². The summed E-state index contributed by atoms with van der Waals surface area (Å²) in [7, 11) is 0. The van der Waals surface area contributed by atoms with E-state index in [0.717, 1.165) is 37.2 Å². The Labute approximate surface area is 193 Å². The van der Waals surface area contributed by atoms with Crippen LogP contribution in [0.15, 0.2) is 24.3 Å². The quantitative estimate of drug-likeness (QED) is 0.291. The van der Waals surface area contributed by atoms with E-state index in [1.54, 1.807) is 0 Å². The summed E-state index contributed by atoms with van der Waals surface area (Å²) in [4.78, 5) is 34.7. The predicted octanol–water partition coefficient (Wildman–Crippen LogP) is 3.19. The minimum absolute atomic E-state index is 0.0240. The van der Waals surface area contributed by atoms with E-state index in [1.807, 2.05) is 12.1 Å². The summed E-state index contributed by atoms with van der Waals surface area (Å²) in [5.41, 5.74) is 7.56. The topological polar surface area (TPSA) is 128 Å². The number of aldehydes is 1. The summed E-state index contributed by atoms with van der Waals surface area (Å²) in [6, 6.07) is 7.99. The van der Waals surface area contributed by atoms with E-state index in [2.05, 4.69) is 40.8 Å². The lowest BCUT2D eigenvalue weighted by Crippen LogP contribution is -2.27. The van der Waals surface area contributed by atoms with Gasteiger partial charge in [-0.25, -0.2) is 0 Å². The van der Waals surface area contributed by atoms with Crippen LogP contribution in [0.4, 0.5) is 17.3 Å². The minimum Gasteiger partial charge on any atom is -0.463 e. The lowest BCUT2D eigenvalue weighted by molar-refractivity contribution is -0.383. The predicted molar refractivity (Wildman–Crippen MR) is 126 cm³/mol. The maximum Gasteiger partial charge on any atom is 0.353 e. The standard InChI is InChI=1S/C23H32N6O4/c1-17(2)8-13-33-23-25-21(24)20(29(31)32)22(26-23)28(11-12-30)16-19-7-5-6-18(14-19)15-27-9-3-4-10-27/h5-7,12,14,17H,3-4,8-11,13,15-16H2,1-2H3,(H2,24,25,26). The number of nitrogens with zero attached hydrogens (tertiary/aromatic N) is 5. The van der Waals surface area contributed by atoms with Crippen LogP contribution in [-0.2, 0) is 17.9 Å². The van der Waals surface area contributed by atoms with Crippen LogP contribution >= 0.6 is 0 Å². The molecule has 0 spiro atoms. The molecule has 10 nitrogen and oxygen atoms in total. The van der Waals surface area contributed by atoms with Gasteiger partial charge < -0.3 is 20.2 Å². The van der Waals surface area contributed by atoms with Crippen molar-refractivity contribution in [3.8, 4) is 6.01 Å². The average molecular weight is 457 g/mol. The Morgan fingerprint density at radius 1 is 1.27 bits per heavy atom. The Hall–Kier alpha value is -3.27. The van der Waals surface area contributed by atoms with Crippen LogP contribution in [0, 0.1) is 16.0 Å². The van der Waals surface area contributed by atoms with Gasteiger partial charge in [0, 0.05) is 13.1 Å². The molecule has 0 saturated carbocycles. The molecular formula is C23H32N6O4. The third-order valence-electron chi connectivity index (χ3n) is 5.55. The number of nitrogens with two attached hydrogens (primary N) is 1. The monoisotopic (exact) mass is 456 g/mol. The van der Waals surface area contributed by atoms with Crippen LogP contribution in [-0.4, -0.2) is 52.3 Å². The first-order valence-electron chi connectivity index (χ1n) is 11.3. The molecule has 0 radical (unpaired) electrons. The highest BCUT2D eigenvalue weighted by molar-refractivity contribution is 5.72. The number of carbonyl (C=O) groups is 1. The Morgan fingerprint density at radius 3 is 2.67 bits per heavy atom. The fourth-order valence-corrected chi connectivity index (χ4v) is 3.85. The van der Waals surface area contributed by atoms with Crippen LogP contribution in [0.5, 0.6) is 6.01 Å². The molecule has 0 bridgehead atoms. The number of likely N-dealkylation sites (tertiary alicyclic amines) is 1. The van der Waals surface area contributed by atoms with E-state index >= 15 is 0 Å². The Bertz CT molecular complexity index is 962. The van der Waals surface area contributed by atoms with Gasteiger partial charge in [-0.2, -0.15) is 9.97 Å². The maximum atomic E-state index is 11.8. The van der Waals surface area contributed by atoms with Crippen molar-refractivity contribution in [3.05, 3.63) is 45.5 Å². The lowest BCUT2D eigenvalue weighted by Gasteiger charge is -2.22. The van der Waals surface area contributed by atoms with Gasteiger partial charge in [-0.05, 0) is 49.4 Å². The Balaban J connectivity index is 1.87. The summed E-state index contributed by atoms with van der Waals surface area (Å²) >= 11 is 0. The normalized spacial score (nSPS) is 13.9. The number of nitrogen functional groups attached to an aromatic ring is 1. The average Bonchev–Trinajstić information content (AvgIpc) is 3.26. The molecule has 0 unspecified atom stereocenters. The molecule has 178 valence electrons. The first-order chi connectivity index (χ1) is 15.9. The maximum absolute atomic E-state index is 11.8.